The number of fused-ring (bicyclic) bond motifs is 1. The lowest BCUT2D eigenvalue weighted by atomic mass is 9.86. The zero-order valence-electron chi connectivity index (χ0n) is 19.2. The van der Waals surface area contributed by atoms with E-state index in [1.807, 2.05) is 10.7 Å². The number of hydrogen-bond acceptors (Lipinski definition) is 8. The lowest BCUT2D eigenvalue weighted by Crippen LogP contribution is -2.28. The van der Waals surface area contributed by atoms with Crippen LogP contribution in [0.2, 0.25) is 0 Å². The van der Waals surface area contributed by atoms with Gasteiger partial charge < -0.3 is 11.1 Å². The monoisotopic (exact) mass is 492 g/mol. The van der Waals surface area contributed by atoms with Gasteiger partial charge in [0.25, 0.3) is 0 Å². The molecule has 1 aliphatic carbocycles. The van der Waals surface area contributed by atoms with Gasteiger partial charge in [0.2, 0.25) is 16.0 Å². The fourth-order valence-electron chi connectivity index (χ4n) is 4.31. The zero-order chi connectivity index (χ0) is 24.3. The van der Waals surface area contributed by atoms with Crippen molar-refractivity contribution in [3.63, 3.8) is 0 Å². The van der Waals surface area contributed by atoms with E-state index >= 15 is 0 Å². The highest BCUT2D eigenvalue weighted by atomic mass is 32.2. The Labute approximate surface area is 204 Å². The first-order valence-corrected chi connectivity index (χ1v) is 13.1. The highest BCUT2D eigenvalue weighted by Crippen LogP contribution is 2.26. The van der Waals surface area contributed by atoms with Crippen molar-refractivity contribution in [2.45, 2.75) is 49.7 Å². The number of aromatic nitrogens is 5. The number of nitrogens with one attached hydrogen (secondary N) is 2. The Balaban J connectivity index is 1.30. The predicted molar refractivity (Wildman–Crippen MR) is 133 cm³/mol. The van der Waals surface area contributed by atoms with Gasteiger partial charge in [0.1, 0.15) is 0 Å². The third-order valence-electron chi connectivity index (χ3n) is 6.29. The molecule has 1 saturated carbocycles. The summed E-state index contributed by atoms with van der Waals surface area (Å²) in [4.78, 5) is 13.2. The fourth-order valence-corrected chi connectivity index (χ4v) is 5.37. The number of hydrogen-bond donors (Lipinski definition) is 3. The first kappa shape index (κ1) is 23.3. The van der Waals surface area contributed by atoms with Crippen LogP contribution < -0.4 is 15.8 Å². The molecule has 0 saturated heterocycles. The first-order valence-electron chi connectivity index (χ1n) is 11.7. The molecule has 0 aliphatic heterocycles. The average molecular weight is 493 g/mol. The molecule has 1 aliphatic rings. The van der Waals surface area contributed by atoms with Crippen molar-refractivity contribution in [1.29, 1.82) is 0 Å². The van der Waals surface area contributed by atoms with Crippen LogP contribution >= 0.6 is 0 Å². The molecule has 35 heavy (non-hydrogen) atoms. The van der Waals surface area contributed by atoms with Gasteiger partial charge in [-0.25, -0.2) is 22.8 Å². The van der Waals surface area contributed by atoms with Crippen molar-refractivity contribution in [2.75, 3.05) is 5.32 Å². The Kier molecular flexibility index (Phi) is 6.71. The fraction of sp³-hybridized carbons (Fsp3) is 0.333. The van der Waals surface area contributed by atoms with Crippen molar-refractivity contribution in [2.24, 2.45) is 11.7 Å². The van der Waals surface area contributed by atoms with Crippen molar-refractivity contribution in [3.05, 3.63) is 66.7 Å². The van der Waals surface area contributed by atoms with Gasteiger partial charge >= 0.3 is 0 Å². The lowest BCUT2D eigenvalue weighted by molar-refractivity contribution is 0.288. The van der Waals surface area contributed by atoms with Gasteiger partial charge in [0.15, 0.2) is 5.65 Å². The summed E-state index contributed by atoms with van der Waals surface area (Å²) in [5, 5.41) is 8.50. The zero-order valence-corrected chi connectivity index (χ0v) is 20.0. The molecule has 1 fully saturated rings. The molecule has 1 aromatic carbocycles. The standard InChI is InChI=1S/C24H28N8O2S/c25-20-8-6-17(7-9-20)16-32-23-19(15-28-32)14-27-24(31-23)30-21-4-1-5-22(11-21)35(33,34)29-13-18-3-2-10-26-12-18/h1-5,10-12,14-15,17,20,29H,6-9,13,16,25H2,(H,27,30,31)/t17-,20-. The third-order valence-corrected chi connectivity index (χ3v) is 7.69. The highest BCUT2D eigenvalue weighted by molar-refractivity contribution is 7.89. The van der Waals surface area contributed by atoms with E-state index in [-0.39, 0.29) is 11.4 Å². The van der Waals surface area contributed by atoms with Crippen LogP contribution in [0.15, 0.2) is 66.1 Å². The average Bonchev–Trinajstić information content (AvgIpc) is 3.27. The van der Waals surface area contributed by atoms with E-state index in [1.165, 1.54) is 0 Å². The van der Waals surface area contributed by atoms with Crippen LogP contribution in [0, 0.1) is 5.92 Å². The largest absolute Gasteiger partial charge is 0.328 e. The van der Waals surface area contributed by atoms with Crippen molar-refractivity contribution in [1.82, 2.24) is 29.5 Å². The maximum Gasteiger partial charge on any atom is 0.240 e. The van der Waals surface area contributed by atoms with Crippen LogP contribution in [0.3, 0.4) is 0 Å². The second kappa shape index (κ2) is 10.1. The summed E-state index contributed by atoms with van der Waals surface area (Å²) in [6.07, 6.45) is 11.0. The van der Waals surface area contributed by atoms with Crippen molar-refractivity contribution < 1.29 is 8.42 Å². The smallest absolute Gasteiger partial charge is 0.240 e. The normalized spacial score (nSPS) is 18.5. The van der Waals surface area contributed by atoms with E-state index in [4.69, 9.17) is 5.73 Å². The SMILES string of the molecule is N[C@H]1CC[C@H](Cn2ncc3cnc(Nc4cccc(S(=O)(=O)NCc5cccnc5)c4)nc32)CC1. The molecule has 11 heteroatoms. The molecule has 182 valence electrons. The molecule has 3 aromatic heterocycles. The summed E-state index contributed by atoms with van der Waals surface area (Å²) in [5.74, 6) is 0.910. The summed E-state index contributed by atoms with van der Waals surface area (Å²) < 4.78 is 30.1. The van der Waals surface area contributed by atoms with Crippen molar-refractivity contribution >= 4 is 32.7 Å². The number of sulfonamides is 1. The van der Waals surface area contributed by atoms with Crippen LogP contribution in [-0.4, -0.2) is 39.2 Å². The Morgan fingerprint density at radius 3 is 2.71 bits per heavy atom. The van der Waals surface area contributed by atoms with Crippen LogP contribution in [0.25, 0.3) is 11.0 Å². The van der Waals surface area contributed by atoms with Crippen molar-refractivity contribution in [3.8, 4) is 0 Å². The Bertz CT molecular complexity index is 1400. The molecule has 0 unspecified atom stereocenters. The number of nitrogens with two attached hydrogens (primary N) is 1. The molecule has 0 atom stereocenters. The Morgan fingerprint density at radius 1 is 1.06 bits per heavy atom. The quantitative estimate of drug-likeness (QED) is 0.341. The molecule has 4 N–H and O–H groups in total. The number of pyridine rings is 1. The van der Waals surface area contributed by atoms with E-state index in [0.29, 0.717) is 23.6 Å². The number of rotatable bonds is 8. The minimum Gasteiger partial charge on any atom is -0.328 e. The maximum absolute atomic E-state index is 12.8. The second-order valence-corrected chi connectivity index (χ2v) is 10.7. The molecule has 3 heterocycles. The van der Waals surface area contributed by atoms with Crippen LogP contribution in [0.4, 0.5) is 11.6 Å². The van der Waals surface area contributed by atoms with Gasteiger partial charge in [0.05, 0.1) is 16.5 Å². The third kappa shape index (κ3) is 5.64. The predicted octanol–water partition coefficient (Wildman–Crippen LogP) is 2.96. The van der Waals surface area contributed by atoms with Crippen LogP contribution in [0.5, 0.6) is 0 Å². The molecule has 0 spiro atoms. The maximum atomic E-state index is 12.8. The molecule has 4 aromatic rings. The molecule has 5 rings (SSSR count). The van der Waals surface area contributed by atoms with E-state index in [0.717, 1.165) is 48.8 Å². The van der Waals surface area contributed by atoms with Gasteiger partial charge in [-0.2, -0.15) is 10.1 Å². The summed E-state index contributed by atoms with van der Waals surface area (Å²) in [6, 6.07) is 10.4. The number of benzene rings is 1. The van der Waals surface area contributed by atoms with E-state index < -0.39 is 10.0 Å². The molecule has 10 nitrogen and oxygen atoms in total. The van der Waals surface area contributed by atoms with Gasteiger partial charge in [-0.1, -0.05) is 12.1 Å². The second-order valence-electron chi connectivity index (χ2n) is 8.92. The van der Waals surface area contributed by atoms with Crippen LogP contribution in [0.1, 0.15) is 31.2 Å². The lowest BCUT2D eigenvalue weighted by Gasteiger charge is -2.25. The molecular weight excluding hydrogens is 464 g/mol. The van der Waals surface area contributed by atoms with Gasteiger partial charge in [-0.3, -0.25) is 4.98 Å². The number of nitrogens with zero attached hydrogens (tertiary/aromatic N) is 5. The Hall–Kier alpha value is -3.41. The Morgan fingerprint density at radius 2 is 1.91 bits per heavy atom. The molecule has 0 radical (unpaired) electrons. The molecule has 0 amide bonds. The van der Waals surface area contributed by atoms with Gasteiger partial charge in [-0.15, -0.1) is 0 Å². The summed E-state index contributed by atoms with van der Waals surface area (Å²) >= 11 is 0. The van der Waals surface area contributed by atoms with E-state index in [9.17, 15) is 8.42 Å². The van der Waals surface area contributed by atoms with Gasteiger partial charge in [0, 0.05) is 43.4 Å². The van der Waals surface area contributed by atoms with Crippen LogP contribution in [-0.2, 0) is 23.1 Å². The summed E-state index contributed by atoms with van der Waals surface area (Å²) in [5.41, 5.74) is 8.14. The minimum atomic E-state index is -3.71. The summed E-state index contributed by atoms with van der Waals surface area (Å²) in [7, 11) is -3.71. The minimum absolute atomic E-state index is 0.146. The molecular formula is C24H28N8O2S. The van der Waals surface area contributed by atoms with E-state index in [2.05, 4.69) is 30.1 Å². The van der Waals surface area contributed by atoms with E-state index in [1.54, 1.807) is 55.1 Å². The molecule has 0 bridgehead atoms. The van der Waals surface area contributed by atoms with Gasteiger partial charge in [-0.05, 0) is 61.4 Å². The topological polar surface area (TPSA) is 141 Å². The highest BCUT2D eigenvalue weighted by Gasteiger charge is 2.20. The summed E-state index contributed by atoms with van der Waals surface area (Å²) in [6.45, 7) is 0.952. The number of anilines is 2. The first-order chi connectivity index (χ1) is 17.0.